The van der Waals surface area contributed by atoms with E-state index in [4.69, 9.17) is 5.11 Å². The fourth-order valence-electron chi connectivity index (χ4n) is 2.22. The monoisotopic (exact) mass is 314 g/mol. The van der Waals surface area contributed by atoms with Gasteiger partial charge in [0.15, 0.2) is 5.69 Å². The summed E-state index contributed by atoms with van der Waals surface area (Å²) >= 11 is 0. The van der Waals surface area contributed by atoms with Gasteiger partial charge in [-0.05, 0) is 32.9 Å². The number of carboxylic acid groups (broad SMARTS) is 1. The second-order valence-corrected chi connectivity index (χ2v) is 5.92. The van der Waals surface area contributed by atoms with Crippen molar-refractivity contribution in [1.29, 1.82) is 0 Å². The minimum atomic E-state index is -1.03. The summed E-state index contributed by atoms with van der Waals surface area (Å²) in [5.41, 5.74) is 2.05. The largest absolute Gasteiger partial charge is 0.477 e. The number of aromatic carboxylic acids is 1. The molecule has 2 heterocycles. The summed E-state index contributed by atoms with van der Waals surface area (Å²) in [6.07, 6.45) is 3.82. The van der Waals surface area contributed by atoms with E-state index in [0.717, 1.165) is 11.1 Å². The summed E-state index contributed by atoms with van der Waals surface area (Å²) in [7, 11) is 0. The summed E-state index contributed by atoms with van der Waals surface area (Å²) in [4.78, 5) is 17.3. The average molecular weight is 314 g/mol. The molecular weight excluding hydrogens is 292 g/mol. The first-order chi connectivity index (χ1) is 10.9. The molecule has 2 aromatic heterocycles. The number of rotatable bonds is 7. The number of carboxylic acids is 1. The number of aromatic nitrogens is 3. The second-order valence-electron chi connectivity index (χ2n) is 5.92. The summed E-state index contributed by atoms with van der Waals surface area (Å²) in [5, 5.41) is 13.5. The quantitative estimate of drug-likeness (QED) is 0.795. The highest BCUT2D eigenvalue weighted by Gasteiger charge is 2.13. The number of hydrogen-bond acceptors (Lipinski definition) is 4. The van der Waals surface area contributed by atoms with Crippen LogP contribution >= 0.6 is 0 Å². The number of nitrogens with zero attached hydrogens (tertiary/aromatic N) is 4. The van der Waals surface area contributed by atoms with Gasteiger partial charge in [-0.1, -0.05) is 18.2 Å². The van der Waals surface area contributed by atoms with E-state index in [0.29, 0.717) is 24.9 Å². The molecular formula is C17H22N4O2. The Labute approximate surface area is 136 Å². The summed E-state index contributed by atoms with van der Waals surface area (Å²) in [6, 6.07) is 5.30. The van der Waals surface area contributed by atoms with Crippen LogP contribution in [-0.2, 0) is 6.54 Å². The van der Waals surface area contributed by atoms with Crippen LogP contribution in [0.4, 0.5) is 5.82 Å². The van der Waals surface area contributed by atoms with Gasteiger partial charge < -0.3 is 10.0 Å². The summed E-state index contributed by atoms with van der Waals surface area (Å²) in [6.45, 7) is 11.2. The van der Waals surface area contributed by atoms with Gasteiger partial charge in [-0.2, -0.15) is 5.10 Å². The minimum Gasteiger partial charge on any atom is -0.477 e. The van der Waals surface area contributed by atoms with E-state index in [2.05, 4.69) is 30.5 Å². The highest BCUT2D eigenvalue weighted by Crippen LogP contribution is 2.17. The predicted molar refractivity (Wildman–Crippen MR) is 89.7 cm³/mol. The van der Waals surface area contributed by atoms with Crippen LogP contribution in [0, 0.1) is 0 Å². The van der Waals surface area contributed by atoms with Crippen LogP contribution in [0.1, 0.15) is 42.9 Å². The van der Waals surface area contributed by atoms with Crippen LogP contribution in [0.2, 0.25) is 0 Å². The summed E-state index contributed by atoms with van der Waals surface area (Å²) in [5.74, 6) is -0.417. The van der Waals surface area contributed by atoms with Gasteiger partial charge in [0.1, 0.15) is 5.82 Å². The van der Waals surface area contributed by atoms with Crippen molar-refractivity contribution in [3.8, 4) is 0 Å². The molecule has 2 rings (SSSR count). The zero-order chi connectivity index (χ0) is 17.0. The molecule has 122 valence electrons. The molecule has 0 aliphatic carbocycles. The van der Waals surface area contributed by atoms with Gasteiger partial charge >= 0.3 is 5.97 Å². The first-order valence-corrected chi connectivity index (χ1v) is 7.49. The SMILES string of the molecule is C=C(C)CN(Cc1cnn(C(C)C)c1)c1cccc(C(=O)O)n1. The molecule has 6 heteroatoms. The third-order valence-corrected chi connectivity index (χ3v) is 3.30. The zero-order valence-corrected chi connectivity index (χ0v) is 13.7. The van der Waals surface area contributed by atoms with Crippen molar-refractivity contribution in [3.05, 3.63) is 54.0 Å². The molecule has 6 nitrogen and oxygen atoms in total. The second kappa shape index (κ2) is 7.09. The fourth-order valence-corrected chi connectivity index (χ4v) is 2.22. The molecule has 0 amide bonds. The Hall–Kier alpha value is -2.63. The Bertz CT molecular complexity index is 706. The van der Waals surface area contributed by atoms with Crippen molar-refractivity contribution in [3.63, 3.8) is 0 Å². The highest BCUT2D eigenvalue weighted by molar-refractivity contribution is 5.85. The maximum absolute atomic E-state index is 11.1. The van der Waals surface area contributed by atoms with Crippen LogP contribution in [-0.4, -0.2) is 32.4 Å². The highest BCUT2D eigenvalue weighted by atomic mass is 16.4. The molecule has 2 aromatic rings. The Morgan fingerprint density at radius 3 is 2.74 bits per heavy atom. The summed E-state index contributed by atoms with van der Waals surface area (Å²) < 4.78 is 1.90. The molecule has 1 N–H and O–H groups in total. The van der Waals surface area contributed by atoms with Crippen molar-refractivity contribution >= 4 is 11.8 Å². The van der Waals surface area contributed by atoms with Crippen molar-refractivity contribution < 1.29 is 9.90 Å². The van der Waals surface area contributed by atoms with Crippen LogP contribution < -0.4 is 4.90 Å². The molecule has 0 saturated carbocycles. The molecule has 0 aliphatic heterocycles. The van der Waals surface area contributed by atoms with Gasteiger partial charge in [0, 0.05) is 30.9 Å². The van der Waals surface area contributed by atoms with Crippen molar-refractivity contribution in [2.75, 3.05) is 11.4 Å². The molecule has 0 fully saturated rings. The molecule has 0 aliphatic rings. The molecule has 0 radical (unpaired) electrons. The van der Waals surface area contributed by atoms with Crippen LogP contribution in [0.25, 0.3) is 0 Å². The van der Waals surface area contributed by atoms with Crippen LogP contribution in [0.3, 0.4) is 0 Å². The van der Waals surface area contributed by atoms with Gasteiger partial charge in [0.2, 0.25) is 0 Å². The lowest BCUT2D eigenvalue weighted by Gasteiger charge is -2.23. The van der Waals surface area contributed by atoms with E-state index >= 15 is 0 Å². The zero-order valence-electron chi connectivity index (χ0n) is 13.7. The van der Waals surface area contributed by atoms with Crippen molar-refractivity contribution in [2.45, 2.75) is 33.4 Å². The number of carbonyl (C=O) groups is 1. The molecule has 0 aromatic carbocycles. The van der Waals surface area contributed by atoms with Gasteiger partial charge in [0.25, 0.3) is 0 Å². The first-order valence-electron chi connectivity index (χ1n) is 7.49. The lowest BCUT2D eigenvalue weighted by atomic mass is 10.2. The third kappa shape index (κ3) is 4.42. The lowest BCUT2D eigenvalue weighted by Crippen LogP contribution is -2.25. The minimum absolute atomic E-state index is 0.0343. The van der Waals surface area contributed by atoms with E-state index in [-0.39, 0.29) is 5.69 Å². The first kappa shape index (κ1) is 16.7. The molecule has 0 atom stereocenters. The van der Waals surface area contributed by atoms with Gasteiger partial charge in [0.05, 0.1) is 6.20 Å². The Morgan fingerprint density at radius 1 is 1.43 bits per heavy atom. The van der Waals surface area contributed by atoms with E-state index in [1.807, 2.05) is 35.0 Å². The van der Waals surface area contributed by atoms with Gasteiger partial charge in [-0.15, -0.1) is 0 Å². The van der Waals surface area contributed by atoms with Crippen LogP contribution in [0.15, 0.2) is 42.7 Å². The maximum Gasteiger partial charge on any atom is 0.354 e. The third-order valence-electron chi connectivity index (χ3n) is 3.30. The van der Waals surface area contributed by atoms with E-state index in [1.165, 1.54) is 6.07 Å². The normalized spacial score (nSPS) is 10.8. The maximum atomic E-state index is 11.1. The van der Waals surface area contributed by atoms with E-state index in [9.17, 15) is 4.79 Å². The smallest absolute Gasteiger partial charge is 0.354 e. The van der Waals surface area contributed by atoms with Gasteiger partial charge in [-0.25, -0.2) is 9.78 Å². The molecule has 23 heavy (non-hydrogen) atoms. The average Bonchev–Trinajstić information content (AvgIpc) is 2.95. The van der Waals surface area contributed by atoms with E-state index in [1.54, 1.807) is 6.07 Å². The predicted octanol–water partition coefficient (Wildman–Crippen LogP) is 3.14. The van der Waals surface area contributed by atoms with E-state index < -0.39 is 5.97 Å². The standard InChI is InChI=1S/C17H22N4O2/c1-12(2)9-20(10-14-8-18-21(11-14)13(3)4)16-7-5-6-15(19-16)17(22)23/h5-8,11,13H,1,9-10H2,2-4H3,(H,22,23). The topological polar surface area (TPSA) is 71.2 Å². The molecule has 0 bridgehead atoms. The fraction of sp³-hybridized carbons (Fsp3) is 0.353. The van der Waals surface area contributed by atoms with Crippen molar-refractivity contribution in [2.24, 2.45) is 0 Å². The van der Waals surface area contributed by atoms with Crippen LogP contribution in [0.5, 0.6) is 0 Å². The Balaban J connectivity index is 2.27. The number of anilines is 1. The Kier molecular flexibility index (Phi) is 5.16. The Morgan fingerprint density at radius 2 is 2.17 bits per heavy atom. The molecule has 0 saturated heterocycles. The molecule has 0 spiro atoms. The van der Waals surface area contributed by atoms with Gasteiger partial charge in [-0.3, -0.25) is 4.68 Å². The molecule has 0 unspecified atom stereocenters. The number of hydrogen-bond donors (Lipinski definition) is 1. The number of pyridine rings is 1. The lowest BCUT2D eigenvalue weighted by molar-refractivity contribution is 0.0690. The van der Waals surface area contributed by atoms with Crippen molar-refractivity contribution in [1.82, 2.24) is 14.8 Å².